The lowest BCUT2D eigenvalue weighted by atomic mass is 9.81. The number of hydrogen-bond acceptors (Lipinski definition) is 8. The highest BCUT2D eigenvalue weighted by Gasteiger charge is 2.59. The number of fused-ring (bicyclic) bond motifs is 1. The van der Waals surface area contributed by atoms with Gasteiger partial charge in [-0.2, -0.15) is 4.98 Å². The lowest BCUT2D eigenvalue weighted by Gasteiger charge is -2.25. The molecule has 2 aliphatic rings. The molecule has 0 unspecified atom stereocenters. The summed E-state index contributed by atoms with van der Waals surface area (Å²) in [5, 5.41) is 3.87. The molecule has 0 N–H and O–H groups in total. The molecule has 2 atom stereocenters. The average Bonchev–Trinajstić information content (AvgIpc) is 3.34. The zero-order valence-electron chi connectivity index (χ0n) is 15.1. The number of carbonyl (C=O) groups excluding carboxylic acids is 1. The van der Waals surface area contributed by atoms with Crippen molar-refractivity contribution in [3.63, 3.8) is 0 Å². The summed E-state index contributed by atoms with van der Waals surface area (Å²) < 4.78 is 31.7. The summed E-state index contributed by atoms with van der Waals surface area (Å²) >= 11 is 0. The zero-order chi connectivity index (χ0) is 19.2. The van der Waals surface area contributed by atoms with Crippen molar-refractivity contribution in [3.05, 3.63) is 36.0 Å². The Bertz CT molecular complexity index is 962. The number of likely N-dealkylation sites (tertiary alicyclic amines) is 1. The van der Waals surface area contributed by atoms with E-state index in [0.29, 0.717) is 31.3 Å². The zero-order valence-corrected chi connectivity index (χ0v) is 15.9. The lowest BCUT2D eigenvalue weighted by Crippen LogP contribution is -2.41. The average molecular weight is 392 g/mol. The molecule has 2 fully saturated rings. The van der Waals surface area contributed by atoms with Crippen LogP contribution in [0.3, 0.4) is 0 Å². The fourth-order valence-electron chi connectivity index (χ4n) is 3.94. The van der Waals surface area contributed by atoms with Gasteiger partial charge in [0, 0.05) is 44.5 Å². The number of nitrogens with zero attached hydrogens (tertiary/aromatic N) is 6. The number of carbonyl (C=O) groups is 1. The van der Waals surface area contributed by atoms with E-state index in [1.165, 1.54) is 22.9 Å². The maximum Gasteiger partial charge on any atom is 0.274 e. The normalized spacial score (nSPS) is 25.7. The Morgan fingerprint density at radius 1 is 1.33 bits per heavy atom. The van der Waals surface area contributed by atoms with Gasteiger partial charge in [0.2, 0.25) is 15.9 Å². The lowest BCUT2D eigenvalue weighted by molar-refractivity contribution is 0.0766. The summed E-state index contributed by atoms with van der Waals surface area (Å²) in [6, 6.07) is 0. The first-order valence-electron chi connectivity index (χ1n) is 8.69. The van der Waals surface area contributed by atoms with Crippen molar-refractivity contribution in [2.24, 2.45) is 5.92 Å². The van der Waals surface area contributed by atoms with E-state index in [1.807, 2.05) is 0 Å². The minimum Gasteiger partial charge on any atom is -0.339 e. The minimum atomic E-state index is -3.35. The van der Waals surface area contributed by atoms with E-state index in [0.717, 1.165) is 0 Å². The number of aromatic nitrogens is 4. The van der Waals surface area contributed by atoms with Crippen LogP contribution in [0, 0.1) is 12.8 Å². The summed E-state index contributed by atoms with van der Waals surface area (Å²) in [6.45, 7) is 4.57. The van der Waals surface area contributed by atoms with E-state index in [9.17, 15) is 13.2 Å². The van der Waals surface area contributed by atoms with Crippen LogP contribution < -0.4 is 0 Å². The highest BCUT2D eigenvalue weighted by Crippen LogP contribution is 2.45. The molecule has 2 saturated heterocycles. The Hall–Kier alpha value is -2.40. The van der Waals surface area contributed by atoms with E-state index < -0.39 is 15.4 Å². The molecule has 0 aromatic carbocycles. The summed E-state index contributed by atoms with van der Waals surface area (Å²) in [5.74, 6) is 0.528. The van der Waals surface area contributed by atoms with Gasteiger partial charge in [0.15, 0.2) is 5.82 Å². The molecule has 2 aromatic heterocycles. The van der Waals surface area contributed by atoms with Crippen molar-refractivity contribution < 1.29 is 17.7 Å². The fourth-order valence-corrected chi connectivity index (χ4v) is 5.14. The van der Waals surface area contributed by atoms with Gasteiger partial charge < -0.3 is 9.42 Å². The van der Waals surface area contributed by atoms with Crippen LogP contribution in [0.1, 0.15) is 29.1 Å². The first-order valence-corrected chi connectivity index (χ1v) is 10.3. The molecule has 2 aliphatic heterocycles. The number of hydrogen-bond donors (Lipinski definition) is 0. The van der Waals surface area contributed by atoms with Crippen molar-refractivity contribution in [2.75, 3.05) is 31.9 Å². The third kappa shape index (κ3) is 2.90. The monoisotopic (exact) mass is 392 g/mol. The van der Waals surface area contributed by atoms with Gasteiger partial charge in [-0.3, -0.25) is 9.78 Å². The van der Waals surface area contributed by atoms with Crippen molar-refractivity contribution in [2.45, 2.75) is 19.3 Å². The molecule has 10 nitrogen and oxygen atoms in total. The SMILES string of the molecule is CCS(=O)(=O)N1C[C@@H]2CN(C(=O)c3cnccn3)C[C@]2(c2nc(C)no2)C1. The minimum absolute atomic E-state index is 0.0287. The van der Waals surface area contributed by atoms with Gasteiger partial charge in [-0.15, -0.1) is 0 Å². The molecule has 11 heteroatoms. The van der Waals surface area contributed by atoms with Crippen LogP contribution in [0.15, 0.2) is 23.1 Å². The van der Waals surface area contributed by atoms with Gasteiger partial charge in [-0.05, 0) is 13.8 Å². The Labute approximate surface area is 156 Å². The quantitative estimate of drug-likeness (QED) is 0.704. The van der Waals surface area contributed by atoms with E-state index in [-0.39, 0.29) is 29.8 Å². The summed E-state index contributed by atoms with van der Waals surface area (Å²) in [6.07, 6.45) is 4.40. The van der Waals surface area contributed by atoms with Gasteiger partial charge in [0.05, 0.1) is 17.4 Å². The van der Waals surface area contributed by atoms with Crippen LogP contribution in [-0.4, -0.2) is 75.6 Å². The van der Waals surface area contributed by atoms with Crippen LogP contribution in [0.2, 0.25) is 0 Å². The molecule has 0 aliphatic carbocycles. The molecule has 1 amide bonds. The first kappa shape index (κ1) is 18.0. The molecule has 144 valence electrons. The summed E-state index contributed by atoms with van der Waals surface area (Å²) in [4.78, 5) is 26.9. The molecule has 27 heavy (non-hydrogen) atoms. The molecule has 0 radical (unpaired) electrons. The molecule has 0 spiro atoms. The smallest absolute Gasteiger partial charge is 0.274 e. The van der Waals surface area contributed by atoms with Crippen LogP contribution in [0.5, 0.6) is 0 Å². The van der Waals surface area contributed by atoms with Gasteiger partial charge >= 0.3 is 0 Å². The van der Waals surface area contributed by atoms with E-state index in [1.54, 1.807) is 18.7 Å². The Balaban J connectivity index is 1.68. The van der Waals surface area contributed by atoms with Crippen LogP contribution >= 0.6 is 0 Å². The number of aryl methyl sites for hydroxylation is 1. The van der Waals surface area contributed by atoms with Crippen LogP contribution in [-0.2, 0) is 15.4 Å². The van der Waals surface area contributed by atoms with Gasteiger partial charge in [-0.1, -0.05) is 5.16 Å². The largest absolute Gasteiger partial charge is 0.339 e. The van der Waals surface area contributed by atoms with Crippen molar-refractivity contribution in [1.82, 2.24) is 29.3 Å². The third-order valence-electron chi connectivity index (χ3n) is 5.36. The summed E-state index contributed by atoms with van der Waals surface area (Å²) in [7, 11) is -3.35. The predicted molar refractivity (Wildman–Crippen MR) is 93.2 cm³/mol. The van der Waals surface area contributed by atoms with Crippen LogP contribution in [0.4, 0.5) is 0 Å². The van der Waals surface area contributed by atoms with Crippen molar-refractivity contribution in [3.8, 4) is 0 Å². The standard InChI is InChI=1S/C16H20N6O4S/c1-3-27(24,25)22-8-12-7-21(14(23)13-6-17-4-5-18-13)9-16(12,10-22)15-19-11(2)20-26-15/h4-6,12H,3,7-10H2,1-2H3/t12-,16-/m0/s1. The Kier molecular flexibility index (Phi) is 4.22. The predicted octanol–water partition coefficient (Wildman–Crippen LogP) is -0.157. The maximum atomic E-state index is 12.8. The van der Waals surface area contributed by atoms with Crippen molar-refractivity contribution >= 4 is 15.9 Å². The van der Waals surface area contributed by atoms with Gasteiger partial charge in [0.1, 0.15) is 5.69 Å². The van der Waals surface area contributed by atoms with Crippen LogP contribution in [0.25, 0.3) is 0 Å². The molecule has 2 aromatic rings. The highest BCUT2D eigenvalue weighted by atomic mass is 32.2. The van der Waals surface area contributed by atoms with E-state index in [2.05, 4.69) is 20.1 Å². The second-order valence-corrected chi connectivity index (χ2v) is 9.23. The molecule has 4 heterocycles. The topological polar surface area (TPSA) is 122 Å². The maximum absolute atomic E-state index is 12.8. The number of rotatable bonds is 4. The van der Waals surface area contributed by atoms with E-state index in [4.69, 9.17) is 4.52 Å². The molecule has 0 saturated carbocycles. The molecule has 4 rings (SSSR count). The van der Waals surface area contributed by atoms with Gasteiger partial charge in [0.25, 0.3) is 5.91 Å². The molecular weight excluding hydrogens is 372 g/mol. The fraction of sp³-hybridized carbons (Fsp3) is 0.562. The van der Waals surface area contributed by atoms with Gasteiger partial charge in [-0.25, -0.2) is 17.7 Å². The van der Waals surface area contributed by atoms with E-state index >= 15 is 0 Å². The second-order valence-electron chi connectivity index (χ2n) is 6.97. The van der Waals surface area contributed by atoms with Crippen molar-refractivity contribution in [1.29, 1.82) is 0 Å². The molecular formula is C16H20N6O4S. The Morgan fingerprint density at radius 3 is 2.78 bits per heavy atom. The highest BCUT2D eigenvalue weighted by molar-refractivity contribution is 7.89. The number of amides is 1. The second kappa shape index (κ2) is 6.34. The Morgan fingerprint density at radius 2 is 2.15 bits per heavy atom. The summed E-state index contributed by atoms with van der Waals surface area (Å²) in [5.41, 5.74) is -0.450. The third-order valence-corrected chi connectivity index (χ3v) is 7.15. The molecule has 0 bridgehead atoms. The number of sulfonamides is 1. The first-order chi connectivity index (χ1) is 12.9.